The van der Waals surface area contributed by atoms with Crippen molar-refractivity contribution in [1.29, 1.82) is 0 Å². The molecule has 1 saturated heterocycles. The summed E-state index contributed by atoms with van der Waals surface area (Å²) < 4.78 is 1.84. The van der Waals surface area contributed by atoms with E-state index < -0.39 is 0 Å². The summed E-state index contributed by atoms with van der Waals surface area (Å²) in [7, 11) is 0. The van der Waals surface area contributed by atoms with Gasteiger partial charge in [0.25, 0.3) is 0 Å². The lowest BCUT2D eigenvalue weighted by Crippen LogP contribution is -2.26. The number of aromatic nitrogens is 4. The molecule has 4 rings (SSSR count). The molecule has 1 aromatic carbocycles. The molecule has 150 valence electrons. The van der Waals surface area contributed by atoms with Gasteiger partial charge in [-0.25, -0.2) is 14.6 Å². The second-order valence-corrected chi connectivity index (χ2v) is 7.64. The fraction of sp³-hybridized carbons (Fsp3) is 0.333. The van der Waals surface area contributed by atoms with Crippen molar-refractivity contribution in [2.75, 3.05) is 30.8 Å². The Hall–Kier alpha value is -2.87. The molecule has 7 nitrogen and oxygen atoms in total. The molecule has 0 saturated carbocycles. The van der Waals surface area contributed by atoms with Gasteiger partial charge in [-0.05, 0) is 30.7 Å². The summed E-state index contributed by atoms with van der Waals surface area (Å²) >= 11 is 1.53. The number of fused-ring (bicyclic) bond motifs is 1. The van der Waals surface area contributed by atoms with E-state index in [0.717, 1.165) is 40.7 Å². The second kappa shape index (κ2) is 9.09. The molecule has 1 N–H and O–H groups in total. The first-order chi connectivity index (χ1) is 14.2. The lowest BCUT2D eigenvalue weighted by Gasteiger charge is -2.17. The van der Waals surface area contributed by atoms with Gasteiger partial charge in [-0.2, -0.15) is 5.10 Å². The van der Waals surface area contributed by atoms with Gasteiger partial charge in [0, 0.05) is 25.7 Å². The number of carbonyl (C=O) groups is 1. The Kier molecular flexibility index (Phi) is 6.09. The van der Waals surface area contributed by atoms with E-state index >= 15 is 0 Å². The SMILES string of the molecule is CSc1nc(N2CCCC2)c2cnn(CCNC(=O)/C=C\c3ccccc3)c2n1. The number of nitrogens with one attached hydrogen (secondary N) is 1. The van der Waals surface area contributed by atoms with E-state index in [4.69, 9.17) is 4.98 Å². The summed E-state index contributed by atoms with van der Waals surface area (Å²) in [6, 6.07) is 9.76. The van der Waals surface area contributed by atoms with Crippen molar-refractivity contribution in [3.8, 4) is 0 Å². The molecule has 0 aliphatic carbocycles. The van der Waals surface area contributed by atoms with Crippen LogP contribution in [0.3, 0.4) is 0 Å². The van der Waals surface area contributed by atoms with Crippen LogP contribution in [0.2, 0.25) is 0 Å². The van der Waals surface area contributed by atoms with E-state index in [1.54, 1.807) is 12.2 Å². The summed E-state index contributed by atoms with van der Waals surface area (Å²) in [5, 5.41) is 9.13. The van der Waals surface area contributed by atoms with Crippen molar-refractivity contribution in [3.63, 3.8) is 0 Å². The highest BCUT2D eigenvalue weighted by atomic mass is 32.2. The maximum atomic E-state index is 12.1. The Balaban J connectivity index is 1.43. The topological polar surface area (TPSA) is 75.9 Å². The van der Waals surface area contributed by atoms with Gasteiger partial charge in [0.1, 0.15) is 5.82 Å². The Morgan fingerprint density at radius 3 is 2.76 bits per heavy atom. The molecule has 1 aliphatic heterocycles. The molecule has 0 unspecified atom stereocenters. The Bertz CT molecular complexity index is 1010. The molecule has 3 aromatic rings. The van der Waals surface area contributed by atoms with Crippen LogP contribution in [-0.2, 0) is 11.3 Å². The third kappa shape index (κ3) is 4.59. The summed E-state index contributed by atoms with van der Waals surface area (Å²) in [6.45, 7) is 3.08. The Morgan fingerprint density at radius 1 is 1.21 bits per heavy atom. The van der Waals surface area contributed by atoms with E-state index in [1.807, 2.05) is 47.5 Å². The molecule has 1 amide bonds. The predicted octanol–water partition coefficient (Wildman–Crippen LogP) is 2.98. The minimum absolute atomic E-state index is 0.123. The predicted molar refractivity (Wildman–Crippen MR) is 117 cm³/mol. The molecule has 29 heavy (non-hydrogen) atoms. The van der Waals surface area contributed by atoms with E-state index in [-0.39, 0.29) is 5.91 Å². The number of nitrogens with zero attached hydrogens (tertiary/aromatic N) is 5. The van der Waals surface area contributed by atoms with Crippen molar-refractivity contribution >= 4 is 40.6 Å². The van der Waals surface area contributed by atoms with Crippen LogP contribution in [0, 0.1) is 0 Å². The molecule has 0 bridgehead atoms. The first kappa shape index (κ1) is 19.4. The van der Waals surface area contributed by atoms with Gasteiger partial charge in [-0.3, -0.25) is 4.79 Å². The monoisotopic (exact) mass is 408 g/mol. The normalized spacial score (nSPS) is 14.2. The van der Waals surface area contributed by atoms with E-state index in [0.29, 0.717) is 13.1 Å². The first-order valence-electron chi connectivity index (χ1n) is 9.78. The average Bonchev–Trinajstić information content (AvgIpc) is 3.43. The highest BCUT2D eigenvalue weighted by Crippen LogP contribution is 2.28. The molecule has 1 fully saturated rings. The molecular weight excluding hydrogens is 384 g/mol. The first-order valence-corrected chi connectivity index (χ1v) is 11.0. The van der Waals surface area contributed by atoms with Crippen molar-refractivity contribution in [2.24, 2.45) is 0 Å². The zero-order chi connectivity index (χ0) is 20.1. The lowest BCUT2D eigenvalue weighted by molar-refractivity contribution is -0.116. The van der Waals surface area contributed by atoms with Crippen LogP contribution in [0.1, 0.15) is 18.4 Å². The molecule has 1 aliphatic rings. The fourth-order valence-electron chi connectivity index (χ4n) is 3.43. The highest BCUT2D eigenvalue weighted by Gasteiger charge is 2.20. The van der Waals surface area contributed by atoms with E-state index in [1.165, 1.54) is 24.6 Å². The summed E-state index contributed by atoms with van der Waals surface area (Å²) in [5.41, 5.74) is 1.82. The molecule has 0 atom stereocenters. The number of benzene rings is 1. The molecule has 0 radical (unpaired) electrons. The van der Waals surface area contributed by atoms with Crippen LogP contribution in [0.15, 0.2) is 47.8 Å². The van der Waals surface area contributed by atoms with Crippen molar-refractivity contribution in [2.45, 2.75) is 24.5 Å². The van der Waals surface area contributed by atoms with Crippen molar-refractivity contribution in [3.05, 3.63) is 48.2 Å². The highest BCUT2D eigenvalue weighted by molar-refractivity contribution is 7.98. The van der Waals surface area contributed by atoms with Gasteiger partial charge < -0.3 is 10.2 Å². The van der Waals surface area contributed by atoms with Crippen LogP contribution in [0.5, 0.6) is 0 Å². The minimum atomic E-state index is -0.123. The van der Waals surface area contributed by atoms with E-state index in [2.05, 4.69) is 20.3 Å². The van der Waals surface area contributed by atoms with E-state index in [9.17, 15) is 4.79 Å². The molecule has 0 spiro atoms. The summed E-state index contributed by atoms with van der Waals surface area (Å²) in [5.74, 6) is 0.848. The number of thioether (sulfide) groups is 1. The summed E-state index contributed by atoms with van der Waals surface area (Å²) in [4.78, 5) is 23.8. The van der Waals surface area contributed by atoms with Crippen molar-refractivity contribution < 1.29 is 4.79 Å². The second-order valence-electron chi connectivity index (χ2n) is 6.87. The van der Waals surface area contributed by atoms with Crippen LogP contribution >= 0.6 is 11.8 Å². The smallest absolute Gasteiger partial charge is 0.244 e. The number of amides is 1. The lowest BCUT2D eigenvalue weighted by atomic mass is 10.2. The number of carbonyl (C=O) groups excluding carboxylic acids is 1. The minimum Gasteiger partial charge on any atom is -0.356 e. The largest absolute Gasteiger partial charge is 0.356 e. The van der Waals surface area contributed by atoms with Crippen molar-refractivity contribution in [1.82, 2.24) is 25.1 Å². The van der Waals surface area contributed by atoms with Gasteiger partial charge in [0.05, 0.1) is 18.1 Å². The third-order valence-corrected chi connectivity index (χ3v) is 5.44. The van der Waals surface area contributed by atoms with Crippen LogP contribution < -0.4 is 10.2 Å². The van der Waals surface area contributed by atoms with Crippen LogP contribution in [-0.4, -0.2) is 51.5 Å². The number of anilines is 1. The number of rotatable bonds is 7. The molecular formula is C21H24N6OS. The third-order valence-electron chi connectivity index (χ3n) is 4.89. The van der Waals surface area contributed by atoms with Crippen LogP contribution in [0.4, 0.5) is 5.82 Å². The van der Waals surface area contributed by atoms with Crippen LogP contribution in [0.25, 0.3) is 17.1 Å². The van der Waals surface area contributed by atoms with Gasteiger partial charge in [0.2, 0.25) is 5.91 Å². The standard InChI is InChI=1S/C21H24N6OS/c1-29-21-24-19(26-12-5-6-13-26)17-15-23-27(20(17)25-21)14-11-22-18(28)10-9-16-7-3-2-4-8-16/h2-4,7-10,15H,5-6,11-14H2,1H3,(H,22,28)/b10-9-. The average molecular weight is 409 g/mol. The van der Waals surface area contributed by atoms with Gasteiger partial charge in [0.15, 0.2) is 10.8 Å². The summed E-state index contributed by atoms with van der Waals surface area (Å²) in [6.07, 6.45) is 9.56. The molecule has 8 heteroatoms. The number of hydrogen-bond acceptors (Lipinski definition) is 6. The maximum absolute atomic E-state index is 12.1. The number of hydrogen-bond donors (Lipinski definition) is 1. The Labute approximate surface area is 174 Å². The molecule has 2 aromatic heterocycles. The Morgan fingerprint density at radius 2 is 2.00 bits per heavy atom. The maximum Gasteiger partial charge on any atom is 0.244 e. The zero-order valence-corrected chi connectivity index (χ0v) is 17.2. The quantitative estimate of drug-likeness (QED) is 0.368. The van der Waals surface area contributed by atoms with Gasteiger partial charge >= 0.3 is 0 Å². The zero-order valence-electron chi connectivity index (χ0n) is 16.4. The fourth-order valence-corrected chi connectivity index (χ4v) is 3.78. The van der Waals surface area contributed by atoms with Gasteiger partial charge in [-0.15, -0.1) is 0 Å². The molecule has 3 heterocycles. The van der Waals surface area contributed by atoms with Gasteiger partial charge in [-0.1, -0.05) is 42.1 Å².